The molecule has 0 amide bonds. The molecule has 1 aromatic rings. The van der Waals surface area contributed by atoms with E-state index in [0.29, 0.717) is 0 Å². The van der Waals surface area contributed by atoms with Crippen LogP contribution in [0.5, 0.6) is 0 Å². The first-order chi connectivity index (χ1) is 12.1. The summed E-state index contributed by atoms with van der Waals surface area (Å²) in [5, 5.41) is 39.9. The van der Waals surface area contributed by atoms with Crippen molar-refractivity contribution in [2.75, 3.05) is 19.6 Å². The third-order valence-corrected chi connectivity index (χ3v) is 6.37. The van der Waals surface area contributed by atoms with Crippen LogP contribution in [0.15, 0.2) is 29.2 Å². The third kappa shape index (κ3) is 2.57. The minimum atomic E-state index is -1.57. The van der Waals surface area contributed by atoms with Gasteiger partial charge in [0.25, 0.3) is 0 Å². The molecular weight excluding hydrogens is 330 g/mol. The van der Waals surface area contributed by atoms with E-state index in [1.54, 1.807) is 0 Å². The molecule has 2 heterocycles. The zero-order valence-electron chi connectivity index (χ0n) is 14.1. The van der Waals surface area contributed by atoms with Crippen molar-refractivity contribution in [1.29, 1.82) is 21.2 Å². The highest BCUT2D eigenvalue weighted by Crippen LogP contribution is 2.53. The molecule has 1 fully saturated rings. The fraction of sp³-hybridized carbons (Fsp3) is 0.474. The van der Waals surface area contributed by atoms with Crippen molar-refractivity contribution in [1.82, 2.24) is 0 Å². The van der Waals surface area contributed by atoms with Gasteiger partial charge in [-0.15, -0.1) is 11.3 Å². The Morgan fingerprint density at radius 1 is 1.36 bits per heavy atom. The van der Waals surface area contributed by atoms with Crippen LogP contribution in [-0.4, -0.2) is 25.3 Å². The van der Waals surface area contributed by atoms with Crippen LogP contribution in [-0.2, 0) is 0 Å². The first-order valence-electron chi connectivity index (χ1n) is 8.50. The van der Waals surface area contributed by atoms with Crippen LogP contribution >= 0.6 is 11.3 Å². The Balaban J connectivity index is 2.18. The molecule has 1 aliphatic carbocycles. The van der Waals surface area contributed by atoms with E-state index in [0.717, 1.165) is 36.5 Å². The Morgan fingerprint density at radius 2 is 2.12 bits per heavy atom. The lowest BCUT2D eigenvalue weighted by Crippen LogP contribution is -3.13. The minimum Gasteiger partial charge on any atom is -0.331 e. The van der Waals surface area contributed by atoms with E-state index in [1.165, 1.54) is 16.2 Å². The van der Waals surface area contributed by atoms with E-state index in [-0.39, 0.29) is 17.5 Å². The highest BCUT2D eigenvalue weighted by atomic mass is 32.1. The monoisotopic (exact) mass is 350 g/mol. The van der Waals surface area contributed by atoms with Gasteiger partial charge in [-0.25, -0.2) is 0 Å². The zero-order valence-corrected chi connectivity index (χ0v) is 14.9. The van der Waals surface area contributed by atoms with Crippen molar-refractivity contribution in [3.05, 3.63) is 34.0 Å². The number of hydrogen-bond acceptors (Lipinski definition) is 5. The highest BCUT2D eigenvalue weighted by Gasteiger charge is 2.58. The second kappa shape index (κ2) is 6.81. The zero-order chi connectivity index (χ0) is 18.0. The van der Waals surface area contributed by atoms with Gasteiger partial charge < -0.3 is 10.3 Å². The van der Waals surface area contributed by atoms with E-state index in [4.69, 9.17) is 5.41 Å². The molecule has 0 bridgehead atoms. The molecule has 2 N–H and O–H groups in total. The number of nitrogens with zero attached hydrogens (tertiary/aromatic N) is 3. The molecule has 6 heteroatoms. The summed E-state index contributed by atoms with van der Waals surface area (Å²) in [7, 11) is 0. The van der Waals surface area contributed by atoms with Crippen LogP contribution in [0.2, 0.25) is 0 Å². The predicted molar refractivity (Wildman–Crippen MR) is 95.0 cm³/mol. The van der Waals surface area contributed by atoms with Crippen molar-refractivity contribution in [3.8, 4) is 18.2 Å². The molecule has 25 heavy (non-hydrogen) atoms. The predicted octanol–water partition coefficient (Wildman–Crippen LogP) is 1.89. The number of quaternary nitrogens is 1. The Bertz CT molecular complexity index is 803. The van der Waals surface area contributed by atoms with Gasteiger partial charge in [-0.2, -0.15) is 15.8 Å². The molecule has 1 saturated carbocycles. The molecule has 0 spiro atoms. The Labute approximate surface area is 151 Å². The van der Waals surface area contributed by atoms with Crippen molar-refractivity contribution in [2.45, 2.75) is 19.3 Å². The lowest BCUT2D eigenvalue weighted by atomic mass is 9.55. The summed E-state index contributed by atoms with van der Waals surface area (Å²) in [6, 6.07) is 10.3. The average Bonchev–Trinajstić information content (AvgIpc) is 3.15. The Morgan fingerprint density at radius 3 is 2.68 bits per heavy atom. The van der Waals surface area contributed by atoms with E-state index < -0.39 is 11.3 Å². The second-order valence-corrected chi connectivity index (χ2v) is 7.70. The van der Waals surface area contributed by atoms with Gasteiger partial charge in [0.15, 0.2) is 5.41 Å². The molecule has 4 atom stereocenters. The number of thiophene rings is 1. The van der Waals surface area contributed by atoms with E-state index >= 15 is 0 Å². The summed E-state index contributed by atoms with van der Waals surface area (Å²) >= 11 is 1.53. The molecule has 2 aliphatic rings. The van der Waals surface area contributed by atoms with Crippen LogP contribution in [0.1, 0.15) is 24.1 Å². The molecular formula is C19H20N5S+. The van der Waals surface area contributed by atoms with Gasteiger partial charge in [0, 0.05) is 16.7 Å². The molecule has 2 unspecified atom stereocenters. The molecule has 0 radical (unpaired) electrons. The van der Waals surface area contributed by atoms with Crippen LogP contribution < -0.4 is 4.90 Å². The quantitative estimate of drug-likeness (QED) is 0.814. The maximum Gasteiger partial charge on any atom is 0.190 e. The van der Waals surface area contributed by atoms with Crippen molar-refractivity contribution in [3.63, 3.8) is 0 Å². The Hall–Kier alpha value is -2.46. The van der Waals surface area contributed by atoms with Gasteiger partial charge in [0.2, 0.25) is 0 Å². The van der Waals surface area contributed by atoms with E-state index in [1.807, 2.05) is 17.5 Å². The van der Waals surface area contributed by atoms with Crippen LogP contribution in [0.4, 0.5) is 0 Å². The van der Waals surface area contributed by atoms with Crippen LogP contribution in [0.25, 0.3) is 0 Å². The number of nitrogens with one attached hydrogen (secondary N) is 2. The second-order valence-electron chi connectivity index (χ2n) is 6.72. The SMILES string of the molecule is CCC[NH+]1CC=C2C(C#N)C(=N)C(C#N)(C#N)[C@@H](c3cccs3)[C@H]2C1. The van der Waals surface area contributed by atoms with Gasteiger partial charge >= 0.3 is 0 Å². The summed E-state index contributed by atoms with van der Waals surface area (Å²) in [6.07, 6.45) is 3.15. The topological polar surface area (TPSA) is 99.7 Å². The standard InChI is InChI=1S/C19H19N5S/c1-2-6-24-7-5-13-14(9-20)18(23)19(11-21,12-22)17(15(13)10-24)16-4-3-8-25-16/h3-5,8,14-15,17,23H,2,6-7,10H2,1H3/p+1/t14?,15-,17+/m0/s1. The van der Waals surface area contributed by atoms with Gasteiger partial charge in [-0.1, -0.05) is 13.0 Å². The smallest absolute Gasteiger partial charge is 0.190 e. The van der Waals surface area contributed by atoms with Gasteiger partial charge in [0.1, 0.15) is 5.92 Å². The molecule has 0 aromatic carbocycles. The third-order valence-electron chi connectivity index (χ3n) is 5.41. The highest BCUT2D eigenvalue weighted by molar-refractivity contribution is 7.10. The maximum absolute atomic E-state index is 9.91. The van der Waals surface area contributed by atoms with E-state index in [2.05, 4.69) is 31.2 Å². The summed E-state index contributed by atoms with van der Waals surface area (Å²) in [5.41, 5.74) is -0.686. The maximum atomic E-state index is 9.91. The molecule has 1 aliphatic heterocycles. The largest absolute Gasteiger partial charge is 0.331 e. The minimum absolute atomic E-state index is 0.0491. The number of hydrogen-bond donors (Lipinski definition) is 2. The first-order valence-corrected chi connectivity index (χ1v) is 9.38. The first kappa shape index (κ1) is 17.4. The summed E-state index contributed by atoms with van der Waals surface area (Å²) < 4.78 is 0. The van der Waals surface area contributed by atoms with Gasteiger partial charge in [-0.3, -0.25) is 0 Å². The van der Waals surface area contributed by atoms with Gasteiger partial charge in [0.05, 0.1) is 43.6 Å². The fourth-order valence-corrected chi connectivity index (χ4v) is 5.25. The fourth-order valence-electron chi connectivity index (χ4n) is 4.29. The number of nitriles is 3. The van der Waals surface area contributed by atoms with Crippen LogP contribution in [0, 0.1) is 56.7 Å². The average molecular weight is 350 g/mol. The lowest BCUT2D eigenvalue weighted by Gasteiger charge is -2.45. The lowest BCUT2D eigenvalue weighted by molar-refractivity contribution is -0.899. The molecule has 0 saturated heterocycles. The normalized spacial score (nSPS) is 30.3. The summed E-state index contributed by atoms with van der Waals surface area (Å²) in [5.74, 6) is -1.19. The molecule has 3 rings (SSSR count). The summed E-state index contributed by atoms with van der Waals surface area (Å²) in [4.78, 5) is 2.37. The molecule has 126 valence electrons. The van der Waals surface area contributed by atoms with Gasteiger partial charge in [-0.05, 0) is 29.5 Å². The van der Waals surface area contributed by atoms with E-state index in [9.17, 15) is 15.8 Å². The molecule has 5 nitrogen and oxygen atoms in total. The Kier molecular flexibility index (Phi) is 4.73. The number of fused-ring (bicyclic) bond motifs is 1. The van der Waals surface area contributed by atoms with Crippen molar-refractivity contribution >= 4 is 17.0 Å². The van der Waals surface area contributed by atoms with Crippen molar-refractivity contribution in [2.24, 2.45) is 17.3 Å². The number of rotatable bonds is 3. The van der Waals surface area contributed by atoms with Crippen LogP contribution in [0.3, 0.4) is 0 Å². The molecule has 1 aromatic heterocycles. The summed E-state index contributed by atoms with van der Waals surface area (Å²) in [6.45, 7) is 4.82. The van der Waals surface area contributed by atoms with Crippen molar-refractivity contribution < 1.29 is 4.90 Å².